The number of nitrogens with two attached hydrogens (primary N) is 1. The number of anilines is 2. The molecule has 0 atom stereocenters. The third kappa shape index (κ3) is 4.12. The normalized spacial score (nSPS) is 13.9. The fourth-order valence-corrected chi connectivity index (χ4v) is 3.80. The number of carbonyl (C=O) groups is 2. The number of primary amides is 1. The number of nitrogens with zero attached hydrogens (tertiary/aromatic N) is 4. The Labute approximate surface area is 202 Å². The summed E-state index contributed by atoms with van der Waals surface area (Å²) in [6.45, 7) is 0. The minimum atomic E-state index is -1.38. The van der Waals surface area contributed by atoms with Crippen molar-refractivity contribution in [1.82, 2.24) is 15.0 Å². The third-order valence-electron chi connectivity index (χ3n) is 5.69. The molecule has 0 bridgehead atoms. The largest absolute Gasteiger partial charge is 0.452 e. The van der Waals surface area contributed by atoms with E-state index in [4.69, 9.17) is 22.1 Å². The summed E-state index contributed by atoms with van der Waals surface area (Å²) in [6, 6.07) is 10.4. The van der Waals surface area contributed by atoms with Gasteiger partial charge in [-0.1, -0.05) is 11.6 Å². The first-order chi connectivity index (χ1) is 16.8. The molecular weight excluding hydrogens is 480 g/mol. The molecule has 8 nitrogen and oxygen atoms in total. The predicted octanol–water partition coefficient (Wildman–Crippen LogP) is 4.68. The minimum absolute atomic E-state index is 0.112. The molecule has 0 radical (unpaired) electrons. The van der Waals surface area contributed by atoms with Gasteiger partial charge in [-0.2, -0.15) is 0 Å². The quantitative estimate of drug-likeness (QED) is 0.389. The SMILES string of the molecule is NC(=O)C1(C(=O)N(c2ccc(F)cc2)c2ccc(Oc3ccnc4ncc(Cl)nc34)c(F)c2)CC1. The van der Waals surface area contributed by atoms with Crippen LogP contribution in [-0.4, -0.2) is 26.8 Å². The van der Waals surface area contributed by atoms with Crippen molar-refractivity contribution in [2.75, 3.05) is 4.90 Å². The Morgan fingerprint density at radius 2 is 1.71 bits per heavy atom. The van der Waals surface area contributed by atoms with Crippen LogP contribution in [0.15, 0.2) is 60.9 Å². The second-order valence-corrected chi connectivity index (χ2v) is 8.34. The smallest absolute Gasteiger partial charge is 0.247 e. The first-order valence-corrected chi connectivity index (χ1v) is 10.8. The highest BCUT2D eigenvalue weighted by Crippen LogP contribution is 2.49. The molecule has 1 aliphatic rings. The number of halogens is 3. The molecule has 0 aliphatic heterocycles. The molecule has 2 heterocycles. The number of rotatable bonds is 6. The molecule has 0 saturated heterocycles. The van der Waals surface area contributed by atoms with E-state index in [2.05, 4.69) is 15.0 Å². The van der Waals surface area contributed by atoms with Gasteiger partial charge in [0, 0.05) is 24.0 Å². The number of amides is 2. The highest BCUT2D eigenvalue weighted by molar-refractivity contribution is 6.29. The van der Waals surface area contributed by atoms with Gasteiger partial charge in [0.1, 0.15) is 16.4 Å². The van der Waals surface area contributed by atoms with Crippen LogP contribution in [0.5, 0.6) is 11.5 Å². The number of aromatic nitrogens is 3. The number of ether oxygens (including phenoxy) is 1. The first-order valence-electron chi connectivity index (χ1n) is 10.4. The number of hydrogen-bond acceptors (Lipinski definition) is 6. The summed E-state index contributed by atoms with van der Waals surface area (Å²) in [7, 11) is 0. The van der Waals surface area contributed by atoms with Crippen molar-refractivity contribution in [1.29, 1.82) is 0 Å². The van der Waals surface area contributed by atoms with Gasteiger partial charge in [-0.3, -0.25) is 14.5 Å². The van der Waals surface area contributed by atoms with Crippen LogP contribution >= 0.6 is 11.6 Å². The molecule has 35 heavy (non-hydrogen) atoms. The molecule has 1 saturated carbocycles. The van der Waals surface area contributed by atoms with E-state index in [1.165, 1.54) is 42.7 Å². The van der Waals surface area contributed by atoms with Gasteiger partial charge in [0.25, 0.3) is 0 Å². The first kappa shape index (κ1) is 22.6. The topological polar surface area (TPSA) is 111 Å². The van der Waals surface area contributed by atoms with Crippen LogP contribution in [0, 0.1) is 17.0 Å². The molecule has 2 N–H and O–H groups in total. The van der Waals surface area contributed by atoms with Crippen molar-refractivity contribution in [3.63, 3.8) is 0 Å². The molecule has 5 rings (SSSR count). The van der Waals surface area contributed by atoms with Gasteiger partial charge < -0.3 is 10.5 Å². The number of carbonyl (C=O) groups excluding carboxylic acids is 2. The molecule has 2 amide bonds. The number of benzene rings is 2. The Morgan fingerprint density at radius 1 is 1.00 bits per heavy atom. The van der Waals surface area contributed by atoms with Crippen LogP contribution in [0.3, 0.4) is 0 Å². The lowest BCUT2D eigenvalue weighted by Gasteiger charge is -2.26. The van der Waals surface area contributed by atoms with Crippen molar-refractivity contribution in [3.05, 3.63) is 77.7 Å². The molecule has 2 aromatic heterocycles. The van der Waals surface area contributed by atoms with Gasteiger partial charge in [-0.25, -0.2) is 23.7 Å². The highest BCUT2D eigenvalue weighted by atomic mass is 35.5. The van der Waals surface area contributed by atoms with Crippen LogP contribution in [0.1, 0.15) is 12.8 Å². The second kappa shape index (κ2) is 8.55. The second-order valence-electron chi connectivity index (χ2n) is 7.95. The summed E-state index contributed by atoms with van der Waals surface area (Å²) in [5.74, 6) is -2.68. The summed E-state index contributed by atoms with van der Waals surface area (Å²) >= 11 is 5.92. The fourth-order valence-electron chi connectivity index (χ4n) is 3.67. The maximum atomic E-state index is 15.2. The molecule has 1 fully saturated rings. The lowest BCUT2D eigenvalue weighted by Crippen LogP contribution is -2.41. The summed E-state index contributed by atoms with van der Waals surface area (Å²) < 4.78 is 34.4. The Morgan fingerprint density at radius 3 is 2.37 bits per heavy atom. The molecule has 4 aromatic rings. The molecule has 0 unspecified atom stereocenters. The monoisotopic (exact) mass is 495 g/mol. The molecule has 2 aromatic carbocycles. The molecule has 0 spiro atoms. The average molecular weight is 496 g/mol. The molecule has 11 heteroatoms. The van der Waals surface area contributed by atoms with E-state index in [-0.39, 0.29) is 52.0 Å². The van der Waals surface area contributed by atoms with Crippen LogP contribution in [0.25, 0.3) is 11.2 Å². The van der Waals surface area contributed by atoms with Crippen LogP contribution in [0.2, 0.25) is 5.15 Å². The Hall–Kier alpha value is -4.18. The van der Waals surface area contributed by atoms with Crippen LogP contribution < -0.4 is 15.4 Å². The zero-order valence-corrected chi connectivity index (χ0v) is 18.7. The number of pyridine rings is 1. The van der Waals surface area contributed by atoms with Gasteiger partial charge in [0.2, 0.25) is 11.8 Å². The lowest BCUT2D eigenvalue weighted by atomic mass is 10.0. The Bertz CT molecular complexity index is 1480. The van der Waals surface area contributed by atoms with E-state index in [0.717, 1.165) is 23.1 Å². The van der Waals surface area contributed by atoms with E-state index in [1.54, 1.807) is 0 Å². The van der Waals surface area contributed by atoms with Crippen molar-refractivity contribution < 1.29 is 23.1 Å². The van der Waals surface area contributed by atoms with Crippen LogP contribution in [0.4, 0.5) is 20.2 Å². The lowest BCUT2D eigenvalue weighted by molar-refractivity contribution is -0.133. The van der Waals surface area contributed by atoms with Gasteiger partial charge in [0.15, 0.2) is 28.5 Å². The predicted molar refractivity (Wildman–Crippen MR) is 123 cm³/mol. The zero-order chi connectivity index (χ0) is 24.7. The zero-order valence-electron chi connectivity index (χ0n) is 17.9. The maximum absolute atomic E-state index is 15.2. The van der Waals surface area contributed by atoms with Crippen molar-refractivity contribution in [2.24, 2.45) is 11.1 Å². The maximum Gasteiger partial charge on any atom is 0.247 e. The van der Waals surface area contributed by atoms with Crippen molar-refractivity contribution in [3.8, 4) is 11.5 Å². The third-order valence-corrected chi connectivity index (χ3v) is 5.87. The molecule has 176 valence electrons. The Balaban J connectivity index is 1.53. The van der Waals surface area contributed by atoms with Crippen LogP contribution in [-0.2, 0) is 9.59 Å². The van der Waals surface area contributed by atoms with Gasteiger partial charge in [-0.15, -0.1) is 0 Å². The van der Waals surface area contributed by atoms with Gasteiger partial charge >= 0.3 is 0 Å². The molecular formula is C24H16ClF2N5O3. The van der Waals surface area contributed by atoms with Gasteiger partial charge in [-0.05, 0) is 49.2 Å². The summed E-state index contributed by atoms with van der Waals surface area (Å²) in [5, 5.41) is 0.114. The summed E-state index contributed by atoms with van der Waals surface area (Å²) in [4.78, 5) is 38.8. The number of fused-ring (bicyclic) bond motifs is 1. The van der Waals surface area contributed by atoms with E-state index >= 15 is 4.39 Å². The van der Waals surface area contributed by atoms with E-state index in [9.17, 15) is 14.0 Å². The van der Waals surface area contributed by atoms with Gasteiger partial charge in [0.05, 0.1) is 11.9 Å². The van der Waals surface area contributed by atoms with Crippen molar-refractivity contribution >= 4 is 46.0 Å². The Kier molecular flexibility index (Phi) is 5.52. The highest BCUT2D eigenvalue weighted by Gasteiger charge is 2.57. The minimum Gasteiger partial charge on any atom is -0.452 e. The fraction of sp³-hybridized carbons (Fsp3) is 0.125. The number of hydrogen-bond donors (Lipinski definition) is 1. The standard InChI is InChI=1S/C24H16ClF2N5O3/c25-19-12-30-21-20(31-19)18(7-10-29-21)35-17-6-5-15(11-16(17)27)32(14-3-1-13(26)2-4-14)23(34)24(8-9-24)22(28)33/h1-7,10-12H,8-9H2,(H2,28,33). The summed E-state index contributed by atoms with van der Waals surface area (Å²) in [6.07, 6.45) is 3.32. The van der Waals surface area contributed by atoms with Crippen molar-refractivity contribution in [2.45, 2.75) is 12.8 Å². The van der Waals surface area contributed by atoms with E-state index in [1.807, 2.05) is 0 Å². The van der Waals surface area contributed by atoms with E-state index < -0.39 is 28.9 Å². The van der Waals surface area contributed by atoms with E-state index in [0.29, 0.717) is 0 Å². The average Bonchev–Trinajstić information content (AvgIpc) is 3.65. The molecule has 1 aliphatic carbocycles. The summed E-state index contributed by atoms with van der Waals surface area (Å²) in [5.41, 5.74) is 4.97.